The highest BCUT2D eigenvalue weighted by atomic mass is 35.5. The van der Waals surface area contributed by atoms with E-state index in [0.29, 0.717) is 12.0 Å². The van der Waals surface area contributed by atoms with Crippen molar-refractivity contribution in [1.29, 1.82) is 0 Å². The molecule has 1 aromatic carbocycles. The van der Waals surface area contributed by atoms with Crippen LogP contribution in [0.5, 0.6) is 5.75 Å². The van der Waals surface area contributed by atoms with Crippen molar-refractivity contribution < 1.29 is 22.3 Å². The van der Waals surface area contributed by atoms with Crippen molar-refractivity contribution in [2.24, 2.45) is 11.7 Å². The van der Waals surface area contributed by atoms with Crippen molar-refractivity contribution >= 4 is 12.4 Å². The lowest BCUT2D eigenvalue weighted by Crippen LogP contribution is -2.34. The Morgan fingerprint density at radius 3 is 2.25 bits per heavy atom. The van der Waals surface area contributed by atoms with Gasteiger partial charge in [-0.3, -0.25) is 0 Å². The number of benzene rings is 1. The van der Waals surface area contributed by atoms with Gasteiger partial charge in [0.1, 0.15) is 5.75 Å². The number of alkyl halides is 4. The molecule has 0 amide bonds. The minimum Gasteiger partial charge on any atom is -0.428 e. The molecule has 0 saturated heterocycles. The highest BCUT2D eigenvalue weighted by Crippen LogP contribution is 2.33. The van der Waals surface area contributed by atoms with Gasteiger partial charge >= 0.3 is 12.5 Å². The van der Waals surface area contributed by atoms with Gasteiger partial charge in [-0.15, -0.1) is 12.4 Å². The van der Waals surface area contributed by atoms with Crippen molar-refractivity contribution in [1.82, 2.24) is 0 Å². The van der Waals surface area contributed by atoms with E-state index in [9.17, 15) is 17.6 Å². The Labute approximate surface area is 121 Å². The fraction of sp³-hybridized carbons (Fsp3) is 0.538. The number of halogens is 5. The number of para-hydroxylation sites is 1. The van der Waals surface area contributed by atoms with E-state index < -0.39 is 18.6 Å². The second-order valence-corrected chi connectivity index (χ2v) is 4.74. The minimum absolute atomic E-state index is 0. The van der Waals surface area contributed by atoms with Crippen molar-refractivity contribution in [3.05, 3.63) is 29.8 Å². The molecule has 1 aromatic rings. The predicted octanol–water partition coefficient (Wildman–Crippen LogP) is 4.39. The molecular weight excluding hydrogens is 298 g/mol. The number of hydrogen-bond donors (Lipinski definition) is 1. The molecular formula is C13H18ClF4NO. The molecule has 116 valence electrons. The lowest BCUT2D eigenvalue weighted by atomic mass is 9.97. The van der Waals surface area contributed by atoms with Crippen LogP contribution in [0.1, 0.15) is 31.9 Å². The van der Waals surface area contributed by atoms with Crippen LogP contribution in [0.15, 0.2) is 24.3 Å². The maximum absolute atomic E-state index is 12.9. The molecule has 0 radical (unpaired) electrons. The fourth-order valence-electron chi connectivity index (χ4n) is 1.71. The Morgan fingerprint density at radius 2 is 1.75 bits per heavy atom. The highest BCUT2D eigenvalue weighted by Gasteiger charge is 2.44. The topological polar surface area (TPSA) is 35.2 Å². The molecule has 0 saturated carbocycles. The maximum Gasteiger partial charge on any atom is 0.461 e. The first-order valence-corrected chi connectivity index (χ1v) is 5.93. The second-order valence-electron chi connectivity index (χ2n) is 4.74. The van der Waals surface area contributed by atoms with Gasteiger partial charge in [-0.05, 0) is 18.4 Å². The molecule has 0 heterocycles. The maximum atomic E-state index is 12.9. The van der Waals surface area contributed by atoms with Crippen LogP contribution >= 0.6 is 12.4 Å². The second kappa shape index (κ2) is 7.69. The van der Waals surface area contributed by atoms with Crippen LogP contribution in [0.25, 0.3) is 0 Å². The van der Waals surface area contributed by atoms with Crippen molar-refractivity contribution in [2.45, 2.75) is 38.8 Å². The summed E-state index contributed by atoms with van der Waals surface area (Å²) in [5.74, 6) is -0.0559. The Morgan fingerprint density at radius 1 is 1.20 bits per heavy atom. The number of nitrogens with two attached hydrogens (primary N) is 1. The molecule has 0 aliphatic carbocycles. The average molecular weight is 316 g/mol. The van der Waals surface area contributed by atoms with Crippen LogP contribution in [0.3, 0.4) is 0 Å². The SMILES string of the molecule is CC(C)C[C@H](N)c1ccccc1OC(F)(F)C(F)F.Cl. The van der Waals surface area contributed by atoms with Gasteiger partial charge in [0.25, 0.3) is 0 Å². The standard InChI is InChI=1S/C13H17F4NO.ClH/c1-8(2)7-10(18)9-5-3-4-6-11(9)19-13(16,17)12(14)15;/h3-6,8,10,12H,7,18H2,1-2H3;1H/t10-;/m0./s1. The third-order valence-corrected chi connectivity index (χ3v) is 2.54. The first-order valence-electron chi connectivity index (χ1n) is 5.93. The molecule has 2 N–H and O–H groups in total. The van der Waals surface area contributed by atoms with E-state index in [2.05, 4.69) is 4.74 Å². The van der Waals surface area contributed by atoms with Gasteiger partial charge in [-0.25, -0.2) is 0 Å². The van der Waals surface area contributed by atoms with Crippen LogP contribution in [-0.4, -0.2) is 12.5 Å². The Bertz CT molecular complexity index is 415. The van der Waals surface area contributed by atoms with Crippen LogP contribution in [0.2, 0.25) is 0 Å². The first kappa shape index (κ1) is 19.0. The molecule has 20 heavy (non-hydrogen) atoms. The Balaban J connectivity index is 0.00000361. The summed E-state index contributed by atoms with van der Waals surface area (Å²) in [5.41, 5.74) is 6.18. The molecule has 1 atom stereocenters. The van der Waals surface area contributed by atoms with E-state index in [4.69, 9.17) is 5.73 Å². The zero-order valence-corrected chi connectivity index (χ0v) is 12.0. The van der Waals surface area contributed by atoms with Crippen LogP contribution in [0.4, 0.5) is 17.6 Å². The summed E-state index contributed by atoms with van der Waals surface area (Å²) in [6, 6.07) is 5.21. The molecule has 7 heteroatoms. The van der Waals surface area contributed by atoms with Crippen molar-refractivity contribution in [3.63, 3.8) is 0 Å². The zero-order chi connectivity index (χ0) is 14.6. The number of ether oxygens (including phenoxy) is 1. The summed E-state index contributed by atoms with van der Waals surface area (Å²) >= 11 is 0. The molecule has 0 aliphatic rings. The van der Waals surface area contributed by atoms with Gasteiger partial charge in [-0.1, -0.05) is 32.0 Å². The molecule has 0 unspecified atom stereocenters. The van der Waals surface area contributed by atoms with Gasteiger partial charge < -0.3 is 10.5 Å². The third kappa shape index (κ3) is 5.17. The molecule has 1 rings (SSSR count). The molecule has 2 nitrogen and oxygen atoms in total. The highest BCUT2D eigenvalue weighted by molar-refractivity contribution is 5.85. The van der Waals surface area contributed by atoms with E-state index in [1.807, 2.05) is 13.8 Å². The van der Waals surface area contributed by atoms with Gasteiger partial charge in [0, 0.05) is 11.6 Å². The fourth-order valence-corrected chi connectivity index (χ4v) is 1.71. The van der Waals surface area contributed by atoms with Crippen LogP contribution in [0, 0.1) is 5.92 Å². The molecule has 0 aromatic heterocycles. The van der Waals surface area contributed by atoms with Crippen molar-refractivity contribution in [2.75, 3.05) is 0 Å². The number of hydrogen-bond acceptors (Lipinski definition) is 2. The van der Waals surface area contributed by atoms with Crippen molar-refractivity contribution in [3.8, 4) is 5.75 Å². The van der Waals surface area contributed by atoms with Gasteiger partial charge in [0.2, 0.25) is 0 Å². The summed E-state index contributed by atoms with van der Waals surface area (Å²) in [5, 5.41) is 0. The van der Waals surface area contributed by atoms with Gasteiger partial charge in [0.15, 0.2) is 0 Å². The summed E-state index contributed by atoms with van der Waals surface area (Å²) in [7, 11) is 0. The largest absolute Gasteiger partial charge is 0.461 e. The summed E-state index contributed by atoms with van der Waals surface area (Å²) in [4.78, 5) is 0. The van der Waals surface area contributed by atoms with E-state index in [0.717, 1.165) is 0 Å². The Hall–Kier alpha value is -1.01. The minimum atomic E-state index is -4.52. The van der Waals surface area contributed by atoms with E-state index in [1.54, 1.807) is 6.07 Å². The summed E-state index contributed by atoms with van der Waals surface area (Å²) < 4.78 is 54.3. The lowest BCUT2D eigenvalue weighted by molar-refractivity contribution is -0.253. The monoisotopic (exact) mass is 315 g/mol. The molecule has 0 fully saturated rings. The number of rotatable bonds is 6. The van der Waals surface area contributed by atoms with Crippen LogP contribution < -0.4 is 10.5 Å². The molecule has 0 spiro atoms. The first-order chi connectivity index (χ1) is 8.74. The van der Waals surface area contributed by atoms with E-state index in [1.165, 1.54) is 18.2 Å². The third-order valence-electron chi connectivity index (χ3n) is 2.54. The van der Waals surface area contributed by atoms with E-state index in [-0.39, 0.29) is 24.1 Å². The quantitative estimate of drug-likeness (QED) is 0.790. The lowest BCUT2D eigenvalue weighted by Gasteiger charge is -2.22. The molecule has 0 aliphatic heterocycles. The predicted molar refractivity (Wildman–Crippen MR) is 71.7 cm³/mol. The smallest absolute Gasteiger partial charge is 0.428 e. The average Bonchev–Trinajstić information content (AvgIpc) is 2.27. The Kier molecular flexibility index (Phi) is 7.30. The zero-order valence-electron chi connectivity index (χ0n) is 11.2. The summed E-state index contributed by atoms with van der Waals surface area (Å²) in [6.45, 7) is 3.86. The van der Waals surface area contributed by atoms with E-state index >= 15 is 0 Å². The summed E-state index contributed by atoms with van der Waals surface area (Å²) in [6.07, 6.45) is -7.87. The van der Waals surface area contributed by atoms with Gasteiger partial charge in [-0.2, -0.15) is 17.6 Å². The van der Waals surface area contributed by atoms with Crippen LogP contribution in [-0.2, 0) is 0 Å². The van der Waals surface area contributed by atoms with Gasteiger partial charge in [0.05, 0.1) is 0 Å². The molecule has 0 bridgehead atoms. The normalized spacial score (nSPS) is 13.2.